The van der Waals surface area contributed by atoms with Crippen molar-refractivity contribution in [3.05, 3.63) is 33.9 Å². The third-order valence-electron chi connectivity index (χ3n) is 4.86. The van der Waals surface area contributed by atoms with Crippen molar-refractivity contribution in [2.75, 3.05) is 18.0 Å². The SMILES string of the molecule is O=[N+]([O-])c1ccc(CO)cc1N1CCC2(CCCC2)C1. The quantitative estimate of drug-likeness (QED) is 0.681. The first-order valence-corrected chi connectivity index (χ1v) is 7.27. The first-order chi connectivity index (χ1) is 9.63. The number of hydrogen-bond donors (Lipinski definition) is 1. The summed E-state index contributed by atoms with van der Waals surface area (Å²) in [5.74, 6) is 0. The predicted molar refractivity (Wildman–Crippen MR) is 76.8 cm³/mol. The van der Waals surface area contributed by atoms with Gasteiger partial charge in [-0.3, -0.25) is 10.1 Å². The van der Waals surface area contributed by atoms with E-state index in [-0.39, 0.29) is 17.2 Å². The molecule has 1 saturated heterocycles. The topological polar surface area (TPSA) is 66.6 Å². The molecular formula is C15H20N2O3. The van der Waals surface area contributed by atoms with Crippen LogP contribution in [0.3, 0.4) is 0 Å². The molecule has 0 unspecified atom stereocenters. The normalized spacial score (nSPS) is 20.8. The third kappa shape index (κ3) is 2.26. The minimum absolute atomic E-state index is 0.0794. The number of anilines is 1. The highest BCUT2D eigenvalue weighted by molar-refractivity contribution is 5.65. The van der Waals surface area contributed by atoms with Crippen LogP contribution in [0.25, 0.3) is 0 Å². The summed E-state index contributed by atoms with van der Waals surface area (Å²) in [4.78, 5) is 13.0. The highest BCUT2D eigenvalue weighted by Gasteiger charge is 2.41. The maximum Gasteiger partial charge on any atom is 0.292 e. The van der Waals surface area contributed by atoms with E-state index in [1.54, 1.807) is 12.1 Å². The summed E-state index contributed by atoms with van der Waals surface area (Å²) in [6, 6.07) is 4.91. The van der Waals surface area contributed by atoms with Crippen molar-refractivity contribution < 1.29 is 10.0 Å². The summed E-state index contributed by atoms with van der Waals surface area (Å²) in [7, 11) is 0. The molecule has 2 fully saturated rings. The van der Waals surface area contributed by atoms with E-state index in [9.17, 15) is 15.2 Å². The monoisotopic (exact) mass is 276 g/mol. The van der Waals surface area contributed by atoms with Crippen LogP contribution in [0.4, 0.5) is 11.4 Å². The second kappa shape index (κ2) is 5.05. The molecule has 1 saturated carbocycles. The van der Waals surface area contributed by atoms with Gasteiger partial charge in [0.15, 0.2) is 0 Å². The second-order valence-electron chi connectivity index (χ2n) is 6.12. The number of rotatable bonds is 3. The van der Waals surface area contributed by atoms with Gasteiger partial charge in [-0.1, -0.05) is 12.8 Å². The number of aliphatic hydroxyl groups excluding tert-OH is 1. The van der Waals surface area contributed by atoms with Crippen molar-refractivity contribution in [2.24, 2.45) is 5.41 Å². The molecule has 1 aliphatic heterocycles. The van der Waals surface area contributed by atoms with Crippen molar-refractivity contribution in [1.29, 1.82) is 0 Å². The van der Waals surface area contributed by atoms with Gasteiger partial charge in [-0.15, -0.1) is 0 Å². The molecule has 20 heavy (non-hydrogen) atoms. The van der Waals surface area contributed by atoms with E-state index in [2.05, 4.69) is 4.90 Å². The minimum atomic E-state index is -0.323. The molecular weight excluding hydrogens is 256 g/mol. The van der Waals surface area contributed by atoms with E-state index < -0.39 is 0 Å². The Bertz CT molecular complexity index is 524. The fourth-order valence-electron chi connectivity index (χ4n) is 3.75. The zero-order valence-corrected chi connectivity index (χ0v) is 11.5. The van der Waals surface area contributed by atoms with Gasteiger partial charge in [0.05, 0.1) is 11.5 Å². The Hall–Kier alpha value is -1.62. The molecule has 2 aliphatic rings. The summed E-state index contributed by atoms with van der Waals surface area (Å²) in [6.07, 6.45) is 6.20. The van der Waals surface area contributed by atoms with E-state index in [1.807, 2.05) is 0 Å². The smallest absolute Gasteiger partial charge is 0.292 e. The van der Waals surface area contributed by atoms with Crippen molar-refractivity contribution >= 4 is 11.4 Å². The van der Waals surface area contributed by atoms with Crippen LogP contribution >= 0.6 is 0 Å². The van der Waals surface area contributed by atoms with Crippen molar-refractivity contribution in [2.45, 2.75) is 38.7 Å². The predicted octanol–water partition coefficient (Wildman–Crippen LogP) is 2.86. The summed E-state index contributed by atoms with van der Waals surface area (Å²) < 4.78 is 0. The van der Waals surface area contributed by atoms with Crippen LogP contribution in [0, 0.1) is 15.5 Å². The van der Waals surface area contributed by atoms with Crippen molar-refractivity contribution in [3.63, 3.8) is 0 Å². The van der Waals surface area contributed by atoms with Gasteiger partial charge in [-0.2, -0.15) is 0 Å². The number of hydrogen-bond acceptors (Lipinski definition) is 4. The Morgan fingerprint density at radius 1 is 1.30 bits per heavy atom. The lowest BCUT2D eigenvalue weighted by atomic mass is 9.86. The van der Waals surface area contributed by atoms with Gasteiger partial charge >= 0.3 is 0 Å². The number of nitro benzene ring substituents is 1. The van der Waals surface area contributed by atoms with Crippen LogP contribution in [0.15, 0.2) is 18.2 Å². The van der Waals surface area contributed by atoms with Crippen LogP contribution in [0.1, 0.15) is 37.7 Å². The Labute approximate surface area is 118 Å². The Balaban J connectivity index is 1.91. The van der Waals surface area contributed by atoms with Crippen LogP contribution in [0.5, 0.6) is 0 Å². The molecule has 3 rings (SSSR count). The van der Waals surface area contributed by atoms with E-state index in [1.165, 1.54) is 31.7 Å². The minimum Gasteiger partial charge on any atom is -0.392 e. The fourth-order valence-corrected chi connectivity index (χ4v) is 3.75. The van der Waals surface area contributed by atoms with Crippen LogP contribution in [-0.4, -0.2) is 23.1 Å². The molecule has 1 N–H and O–H groups in total. The van der Waals surface area contributed by atoms with E-state index in [0.717, 1.165) is 25.1 Å². The first-order valence-electron chi connectivity index (χ1n) is 7.27. The molecule has 5 heteroatoms. The highest BCUT2D eigenvalue weighted by atomic mass is 16.6. The first kappa shape index (κ1) is 13.4. The Morgan fingerprint density at radius 3 is 2.70 bits per heavy atom. The summed E-state index contributed by atoms with van der Waals surface area (Å²) in [5, 5.41) is 20.5. The van der Waals surface area contributed by atoms with Crippen molar-refractivity contribution in [1.82, 2.24) is 0 Å². The zero-order valence-electron chi connectivity index (χ0n) is 11.5. The molecule has 1 heterocycles. The summed E-state index contributed by atoms with van der Waals surface area (Å²) >= 11 is 0. The maximum atomic E-state index is 11.2. The number of nitro groups is 1. The number of benzene rings is 1. The molecule has 0 radical (unpaired) electrons. The molecule has 1 aromatic carbocycles. The average molecular weight is 276 g/mol. The van der Waals surface area contributed by atoms with Gasteiger partial charge in [0.1, 0.15) is 5.69 Å². The van der Waals surface area contributed by atoms with Crippen LogP contribution < -0.4 is 4.90 Å². The lowest BCUT2D eigenvalue weighted by molar-refractivity contribution is -0.384. The van der Waals surface area contributed by atoms with Gasteiger partial charge in [0.25, 0.3) is 5.69 Å². The number of aliphatic hydroxyl groups is 1. The molecule has 108 valence electrons. The zero-order chi connectivity index (χ0) is 14.2. The van der Waals surface area contributed by atoms with Gasteiger partial charge in [0, 0.05) is 19.2 Å². The molecule has 1 aliphatic carbocycles. The maximum absolute atomic E-state index is 11.2. The van der Waals surface area contributed by atoms with Gasteiger partial charge < -0.3 is 10.0 Å². The van der Waals surface area contributed by atoms with Gasteiger partial charge in [0.2, 0.25) is 0 Å². The molecule has 0 aromatic heterocycles. The average Bonchev–Trinajstić information content (AvgIpc) is 3.09. The lowest BCUT2D eigenvalue weighted by Crippen LogP contribution is -2.25. The van der Waals surface area contributed by atoms with Crippen LogP contribution in [0.2, 0.25) is 0 Å². The van der Waals surface area contributed by atoms with E-state index >= 15 is 0 Å². The standard InChI is InChI=1S/C15H20N2O3/c18-10-12-3-4-13(17(19)20)14(9-12)16-8-7-15(11-16)5-1-2-6-15/h3-4,9,18H,1-2,5-8,10-11H2. The molecule has 1 aromatic rings. The fraction of sp³-hybridized carbons (Fsp3) is 0.600. The highest BCUT2D eigenvalue weighted by Crippen LogP contribution is 2.47. The second-order valence-corrected chi connectivity index (χ2v) is 6.12. The van der Waals surface area contributed by atoms with E-state index in [4.69, 9.17) is 0 Å². The van der Waals surface area contributed by atoms with Gasteiger partial charge in [-0.05, 0) is 42.4 Å². The number of nitrogens with zero attached hydrogens (tertiary/aromatic N) is 2. The molecule has 5 nitrogen and oxygen atoms in total. The van der Waals surface area contributed by atoms with Crippen molar-refractivity contribution in [3.8, 4) is 0 Å². The third-order valence-corrected chi connectivity index (χ3v) is 4.86. The van der Waals surface area contributed by atoms with Crippen LogP contribution in [-0.2, 0) is 6.61 Å². The largest absolute Gasteiger partial charge is 0.392 e. The summed E-state index contributed by atoms with van der Waals surface area (Å²) in [5.41, 5.74) is 1.93. The van der Waals surface area contributed by atoms with Gasteiger partial charge in [-0.25, -0.2) is 0 Å². The Morgan fingerprint density at radius 2 is 2.05 bits per heavy atom. The molecule has 0 atom stereocenters. The molecule has 1 spiro atoms. The Kier molecular flexibility index (Phi) is 3.38. The molecule has 0 bridgehead atoms. The lowest BCUT2D eigenvalue weighted by Gasteiger charge is -2.24. The summed E-state index contributed by atoms with van der Waals surface area (Å²) in [6.45, 7) is 1.72. The van der Waals surface area contributed by atoms with E-state index in [0.29, 0.717) is 11.1 Å². The molecule has 0 amide bonds.